The summed E-state index contributed by atoms with van der Waals surface area (Å²) in [5, 5.41) is 8.53. The Morgan fingerprint density at radius 3 is 2.48 bits per heavy atom. The summed E-state index contributed by atoms with van der Waals surface area (Å²) in [6.07, 6.45) is 2.93. The molecule has 2 aromatic heterocycles. The summed E-state index contributed by atoms with van der Waals surface area (Å²) in [5.41, 5.74) is 0.300. The standard InChI is InChI=1S/C21H20FN5O3S/c22-17-5-2-1-4-16(17)20(29)24-15-12-23-27(13-15)14-19(28)25-7-9-26(10-8-25)21(30)18-6-3-11-31-18/h1-6,11-13H,7-10,14H2,(H,24,29). The summed E-state index contributed by atoms with van der Waals surface area (Å²) in [4.78, 5) is 41.3. The summed E-state index contributed by atoms with van der Waals surface area (Å²) >= 11 is 1.41. The van der Waals surface area contributed by atoms with E-state index in [9.17, 15) is 18.8 Å². The molecule has 0 radical (unpaired) electrons. The third-order valence-corrected chi connectivity index (χ3v) is 5.82. The number of benzene rings is 1. The topological polar surface area (TPSA) is 87.5 Å². The average molecular weight is 441 g/mol. The van der Waals surface area contributed by atoms with Crippen LogP contribution < -0.4 is 5.32 Å². The summed E-state index contributed by atoms with van der Waals surface area (Å²) in [6, 6.07) is 9.33. The molecule has 1 saturated heterocycles. The summed E-state index contributed by atoms with van der Waals surface area (Å²) in [7, 11) is 0. The van der Waals surface area contributed by atoms with Crippen molar-refractivity contribution in [3.05, 3.63) is 70.4 Å². The van der Waals surface area contributed by atoms with Crippen LogP contribution in [-0.4, -0.2) is 63.5 Å². The average Bonchev–Trinajstić information content (AvgIpc) is 3.46. The molecule has 1 aliphatic heterocycles. The Labute approximate surface area is 181 Å². The quantitative estimate of drug-likeness (QED) is 0.658. The first-order chi connectivity index (χ1) is 15.0. The number of aromatic nitrogens is 2. The normalized spacial score (nSPS) is 13.8. The fourth-order valence-electron chi connectivity index (χ4n) is 3.31. The number of rotatable bonds is 5. The lowest BCUT2D eigenvalue weighted by atomic mass is 10.2. The summed E-state index contributed by atoms with van der Waals surface area (Å²) < 4.78 is 15.1. The first-order valence-corrected chi connectivity index (χ1v) is 10.6. The van der Waals surface area contributed by atoms with Crippen molar-refractivity contribution in [3.8, 4) is 0 Å². The molecule has 0 unspecified atom stereocenters. The van der Waals surface area contributed by atoms with Gasteiger partial charge in [0.05, 0.1) is 22.3 Å². The second kappa shape index (κ2) is 9.09. The summed E-state index contributed by atoms with van der Waals surface area (Å²) in [6.45, 7) is 1.87. The SMILES string of the molecule is O=C(Nc1cnn(CC(=O)N2CCN(C(=O)c3cccs3)CC2)c1)c1ccccc1F. The lowest BCUT2D eigenvalue weighted by Crippen LogP contribution is -2.51. The smallest absolute Gasteiger partial charge is 0.264 e. The van der Waals surface area contributed by atoms with Crippen molar-refractivity contribution >= 4 is 34.7 Å². The predicted octanol–water partition coefficient (Wildman–Crippen LogP) is 2.32. The molecule has 8 nitrogen and oxygen atoms in total. The van der Waals surface area contributed by atoms with Crippen molar-refractivity contribution in [1.29, 1.82) is 0 Å². The van der Waals surface area contributed by atoms with Crippen LogP contribution >= 0.6 is 11.3 Å². The van der Waals surface area contributed by atoms with E-state index in [1.54, 1.807) is 21.9 Å². The van der Waals surface area contributed by atoms with Gasteiger partial charge in [0.1, 0.15) is 12.4 Å². The highest BCUT2D eigenvalue weighted by Gasteiger charge is 2.25. The van der Waals surface area contributed by atoms with Gasteiger partial charge in [0.15, 0.2) is 0 Å². The van der Waals surface area contributed by atoms with E-state index in [1.807, 2.05) is 11.4 Å². The van der Waals surface area contributed by atoms with Crippen molar-refractivity contribution in [3.63, 3.8) is 0 Å². The number of carbonyl (C=O) groups is 3. The largest absolute Gasteiger partial charge is 0.338 e. The van der Waals surface area contributed by atoms with Crippen LogP contribution in [0.5, 0.6) is 0 Å². The van der Waals surface area contributed by atoms with Crippen molar-refractivity contribution < 1.29 is 18.8 Å². The van der Waals surface area contributed by atoms with E-state index in [1.165, 1.54) is 46.6 Å². The Balaban J connectivity index is 1.29. The van der Waals surface area contributed by atoms with E-state index < -0.39 is 11.7 Å². The fourth-order valence-corrected chi connectivity index (χ4v) is 4.00. The highest BCUT2D eigenvalue weighted by molar-refractivity contribution is 7.12. The lowest BCUT2D eigenvalue weighted by molar-refractivity contribution is -0.133. The first kappa shape index (κ1) is 20.7. The van der Waals surface area contributed by atoms with E-state index in [0.29, 0.717) is 36.7 Å². The van der Waals surface area contributed by atoms with Gasteiger partial charge < -0.3 is 15.1 Å². The molecule has 3 aromatic rings. The first-order valence-electron chi connectivity index (χ1n) is 9.70. The molecular formula is C21H20FN5O3S. The minimum atomic E-state index is -0.612. The van der Waals surface area contributed by atoms with Gasteiger partial charge in [-0.15, -0.1) is 11.3 Å². The zero-order valence-electron chi connectivity index (χ0n) is 16.5. The number of hydrogen-bond acceptors (Lipinski definition) is 5. The van der Waals surface area contributed by atoms with E-state index in [4.69, 9.17) is 0 Å². The number of nitrogens with zero attached hydrogens (tertiary/aromatic N) is 4. The molecule has 1 fully saturated rings. The number of nitrogens with one attached hydrogen (secondary N) is 1. The molecule has 4 rings (SSSR count). The van der Waals surface area contributed by atoms with Gasteiger partial charge in [0, 0.05) is 32.4 Å². The van der Waals surface area contributed by atoms with Gasteiger partial charge >= 0.3 is 0 Å². The van der Waals surface area contributed by atoms with Crippen LogP contribution in [0.1, 0.15) is 20.0 Å². The number of piperazine rings is 1. The number of amides is 3. The Bertz CT molecular complexity index is 1090. The monoisotopic (exact) mass is 441 g/mol. The maximum atomic E-state index is 13.7. The molecule has 0 saturated carbocycles. The van der Waals surface area contributed by atoms with Crippen LogP contribution in [0.3, 0.4) is 0 Å². The van der Waals surface area contributed by atoms with Crippen LogP contribution in [0.4, 0.5) is 10.1 Å². The maximum Gasteiger partial charge on any atom is 0.264 e. The molecule has 0 atom stereocenters. The molecule has 1 aromatic carbocycles. The van der Waals surface area contributed by atoms with E-state index in [-0.39, 0.29) is 23.9 Å². The van der Waals surface area contributed by atoms with Crippen LogP contribution in [0.15, 0.2) is 54.2 Å². The van der Waals surface area contributed by atoms with Gasteiger partial charge in [-0.1, -0.05) is 18.2 Å². The third kappa shape index (κ3) is 4.80. The fraction of sp³-hybridized carbons (Fsp3) is 0.238. The Kier molecular flexibility index (Phi) is 6.08. The van der Waals surface area contributed by atoms with Crippen molar-refractivity contribution in [2.45, 2.75) is 6.54 Å². The highest BCUT2D eigenvalue weighted by atomic mass is 32.1. The molecule has 0 spiro atoms. The molecule has 0 bridgehead atoms. The number of anilines is 1. The van der Waals surface area contributed by atoms with Gasteiger partial charge in [0.25, 0.3) is 11.8 Å². The molecule has 0 aliphatic carbocycles. The van der Waals surface area contributed by atoms with E-state index in [2.05, 4.69) is 10.4 Å². The predicted molar refractivity (Wildman–Crippen MR) is 113 cm³/mol. The molecule has 10 heteroatoms. The Morgan fingerprint density at radius 2 is 1.77 bits per heavy atom. The number of carbonyl (C=O) groups excluding carboxylic acids is 3. The molecule has 160 valence electrons. The Hall–Kier alpha value is -3.53. The van der Waals surface area contributed by atoms with Crippen molar-refractivity contribution in [1.82, 2.24) is 19.6 Å². The van der Waals surface area contributed by atoms with Gasteiger partial charge in [-0.25, -0.2) is 4.39 Å². The minimum Gasteiger partial charge on any atom is -0.338 e. The second-order valence-electron chi connectivity index (χ2n) is 7.01. The lowest BCUT2D eigenvalue weighted by Gasteiger charge is -2.34. The number of thiophene rings is 1. The van der Waals surface area contributed by atoms with Gasteiger partial charge in [-0.05, 0) is 23.6 Å². The summed E-state index contributed by atoms with van der Waals surface area (Å²) in [5.74, 6) is -1.34. The van der Waals surface area contributed by atoms with E-state index in [0.717, 1.165) is 0 Å². The molecule has 3 amide bonds. The van der Waals surface area contributed by atoms with Gasteiger partial charge in [-0.2, -0.15) is 5.10 Å². The Morgan fingerprint density at radius 1 is 1.03 bits per heavy atom. The minimum absolute atomic E-state index is 0.00837. The molecule has 1 aliphatic rings. The van der Waals surface area contributed by atoms with Crippen LogP contribution in [-0.2, 0) is 11.3 Å². The van der Waals surface area contributed by atoms with Crippen molar-refractivity contribution in [2.24, 2.45) is 0 Å². The van der Waals surface area contributed by atoms with Crippen LogP contribution in [0, 0.1) is 5.82 Å². The van der Waals surface area contributed by atoms with Crippen LogP contribution in [0.2, 0.25) is 0 Å². The molecular weight excluding hydrogens is 421 g/mol. The maximum absolute atomic E-state index is 13.7. The van der Waals surface area contributed by atoms with Crippen molar-refractivity contribution in [2.75, 3.05) is 31.5 Å². The third-order valence-electron chi connectivity index (χ3n) is 4.96. The molecule has 1 N–H and O–H groups in total. The zero-order valence-corrected chi connectivity index (χ0v) is 17.3. The second-order valence-corrected chi connectivity index (χ2v) is 7.96. The van der Waals surface area contributed by atoms with Gasteiger partial charge in [-0.3, -0.25) is 19.1 Å². The van der Waals surface area contributed by atoms with Gasteiger partial charge in [0.2, 0.25) is 5.91 Å². The molecule has 31 heavy (non-hydrogen) atoms. The molecule has 3 heterocycles. The highest BCUT2D eigenvalue weighted by Crippen LogP contribution is 2.15. The zero-order chi connectivity index (χ0) is 21.8. The number of halogens is 1. The van der Waals surface area contributed by atoms with E-state index >= 15 is 0 Å². The number of hydrogen-bond donors (Lipinski definition) is 1. The van der Waals surface area contributed by atoms with Crippen LogP contribution in [0.25, 0.3) is 0 Å².